The predicted molar refractivity (Wildman–Crippen MR) is 115 cm³/mol. The number of hydrogen-bond acceptors (Lipinski definition) is 4. The molecule has 0 aromatic heterocycles. The van der Waals surface area contributed by atoms with Gasteiger partial charge in [-0.05, 0) is 67.1 Å². The van der Waals surface area contributed by atoms with Gasteiger partial charge in [0.15, 0.2) is 27.3 Å². The second-order valence-corrected chi connectivity index (χ2v) is 11.9. The van der Waals surface area contributed by atoms with E-state index in [0.717, 1.165) is 18.9 Å². The van der Waals surface area contributed by atoms with Crippen LogP contribution in [-0.4, -0.2) is 31.3 Å². The van der Waals surface area contributed by atoms with Gasteiger partial charge in [0.1, 0.15) is 0 Å². The molecule has 10 heteroatoms. The molecule has 3 aliphatic rings. The smallest absolute Gasteiger partial charge is 0.255 e. The zero-order valence-electron chi connectivity index (χ0n) is 17.3. The number of aliphatic hydroxyl groups excluding tert-OH is 1. The molecule has 0 radical (unpaired) electrons. The summed E-state index contributed by atoms with van der Waals surface area (Å²) < 4.78 is 66.7. The Hall–Kier alpha value is -2.10. The summed E-state index contributed by atoms with van der Waals surface area (Å²) >= 11 is 6.19. The van der Waals surface area contributed by atoms with E-state index in [1.54, 1.807) is 0 Å². The molecule has 0 aliphatic heterocycles. The maximum atomic E-state index is 13.4. The minimum atomic E-state index is -3.86. The number of sulfone groups is 1. The Labute approximate surface area is 193 Å². The Morgan fingerprint density at radius 2 is 1.82 bits per heavy atom. The van der Waals surface area contributed by atoms with Crippen LogP contribution in [0.2, 0.25) is 5.02 Å². The standard InChI is InChI=1S/C23H21ClF3NO4S/c24-17-2-1-11(22(30)28-14-6-18(25)21(27)19(26)7-14)5-20(17)33(31,32)10-16-12-3-13-8-23(13,16)9-15(29)4-12/h1-2,5-7,12-13,15-16,29H,3-4,8-10H2,(H,28,30)/t12?,13-,15+,16+,23?/m0/s1. The van der Waals surface area contributed by atoms with Crippen LogP contribution in [0.3, 0.4) is 0 Å². The quantitative estimate of drug-likeness (QED) is 0.590. The van der Waals surface area contributed by atoms with Crippen molar-refractivity contribution in [1.29, 1.82) is 0 Å². The van der Waals surface area contributed by atoms with Gasteiger partial charge in [0.05, 0.1) is 21.8 Å². The molecule has 3 fully saturated rings. The molecule has 0 heterocycles. The largest absolute Gasteiger partial charge is 0.393 e. The molecular formula is C23H21ClF3NO4S. The molecule has 2 aromatic rings. The van der Waals surface area contributed by atoms with Crippen LogP contribution in [0.25, 0.3) is 0 Å². The highest BCUT2D eigenvalue weighted by Gasteiger charge is 2.68. The summed E-state index contributed by atoms with van der Waals surface area (Å²) in [4.78, 5) is 12.4. The summed E-state index contributed by atoms with van der Waals surface area (Å²) in [5.74, 6) is -4.97. The molecule has 1 amide bonds. The number of benzene rings is 2. The van der Waals surface area contributed by atoms with Crippen molar-refractivity contribution in [3.8, 4) is 0 Å². The van der Waals surface area contributed by atoms with E-state index in [1.807, 2.05) is 0 Å². The molecule has 2 unspecified atom stereocenters. The zero-order valence-corrected chi connectivity index (χ0v) is 18.9. The average Bonchev–Trinajstić information content (AvgIpc) is 3.36. The maximum Gasteiger partial charge on any atom is 0.255 e. The fourth-order valence-electron chi connectivity index (χ4n) is 6.05. The lowest BCUT2D eigenvalue weighted by atomic mass is 9.73. The Bertz CT molecular complexity index is 1250. The Kier molecular flexibility index (Phi) is 5.30. The van der Waals surface area contributed by atoms with Gasteiger partial charge < -0.3 is 10.4 Å². The number of amides is 1. The number of rotatable bonds is 5. The van der Waals surface area contributed by atoms with Gasteiger partial charge in [0, 0.05) is 23.4 Å². The number of anilines is 1. The molecule has 3 aliphatic carbocycles. The van der Waals surface area contributed by atoms with Gasteiger partial charge >= 0.3 is 0 Å². The summed E-state index contributed by atoms with van der Waals surface area (Å²) in [6, 6.07) is 4.98. The van der Waals surface area contributed by atoms with Crippen molar-refractivity contribution in [2.75, 3.05) is 11.1 Å². The van der Waals surface area contributed by atoms with Crippen molar-refractivity contribution in [2.24, 2.45) is 23.2 Å². The molecule has 5 atom stereocenters. The molecule has 2 aromatic carbocycles. The van der Waals surface area contributed by atoms with Gasteiger partial charge in [-0.15, -0.1) is 0 Å². The first-order valence-corrected chi connectivity index (χ1v) is 12.7. The predicted octanol–water partition coefficient (Wildman–Crippen LogP) is 4.58. The summed E-state index contributed by atoms with van der Waals surface area (Å²) in [7, 11) is -3.86. The number of halogens is 4. The summed E-state index contributed by atoms with van der Waals surface area (Å²) in [6.07, 6.45) is 2.69. The van der Waals surface area contributed by atoms with Crippen molar-refractivity contribution in [3.05, 3.63) is 58.4 Å². The molecule has 5 rings (SSSR count). The van der Waals surface area contributed by atoms with Gasteiger partial charge in [-0.3, -0.25) is 4.79 Å². The lowest BCUT2D eigenvalue weighted by Gasteiger charge is -2.36. The summed E-state index contributed by atoms with van der Waals surface area (Å²) in [6.45, 7) is 0. The van der Waals surface area contributed by atoms with E-state index in [-0.39, 0.29) is 44.2 Å². The first-order chi connectivity index (χ1) is 15.5. The van der Waals surface area contributed by atoms with Gasteiger partial charge in [0.25, 0.3) is 5.91 Å². The molecule has 1 spiro atoms. The zero-order chi connectivity index (χ0) is 23.7. The maximum absolute atomic E-state index is 13.4. The van der Waals surface area contributed by atoms with Crippen molar-refractivity contribution >= 4 is 33.0 Å². The van der Waals surface area contributed by atoms with Crippen LogP contribution in [0.15, 0.2) is 35.2 Å². The lowest BCUT2D eigenvalue weighted by Crippen LogP contribution is -2.37. The molecule has 33 heavy (non-hydrogen) atoms. The van der Waals surface area contributed by atoms with E-state index in [0.29, 0.717) is 30.9 Å². The van der Waals surface area contributed by atoms with Crippen LogP contribution >= 0.6 is 11.6 Å². The molecule has 3 saturated carbocycles. The first kappa shape index (κ1) is 22.7. The third kappa shape index (κ3) is 3.84. The monoisotopic (exact) mass is 499 g/mol. The third-order valence-electron chi connectivity index (χ3n) is 7.53. The van der Waals surface area contributed by atoms with Gasteiger partial charge in [-0.1, -0.05) is 11.6 Å². The number of hydrogen-bond donors (Lipinski definition) is 2. The van der Waals surface area contributed by atoms with Crippen LogP contribution in [0.4, 0.5) is 18.9 Å². The molecule has 5 nitrogen and oxygen atoms in total. The minimum Gasteiger partial charge on any atom is -0.393 e. The molecule has 2 N–H and O–H groups in total. The molecular weight excluding hydrogens is 479 g/mol. The van der Waals surface area contributed by atoms with E-state index in [2.05, 4.69) is 5.32 Å². The van der Waals surface area contributed by atoms with E-state index in [4.69, 9.17) is 11.6 Å². The fourth-order valence-corrected chi connectivity index (χ4v) is 8.44. The Balaban J connectivity index is 1.39. The van der Waals surface area contributed by atoms with Crippen LogP contribution in [-0.2, 0) is 9.84 Å². The van der Waals surface area contributed by atoms with E-state index >= 15 is 0 Å². The van der Waals surface area contributed by atoms with Crippen molar-refractivity contribution in [3.63, 3.8) is 0 Å². The average molecular weight is 500 g/mol. The number of aliphatic hydroxyl groups is 1. The SMILES string of the molecule is O=C(Nc1cc(F)c(F)c(F)c1)c1ccc(Cl)c(S(=O)(=O)C[C@@H]2C3C[C@@H](O)CC24C[C@@H]4C3)c1. The Morgan fingerprint density at radius 3 is 2.48 bits per heavy atom. The first-order valence-electron chi connectivity index (χ1n) is 10.7. The fraction of sp³-hybridized carbons (Fsp3) is 0.435. The van der Waals surface area contributed by atoms with Crippen LogP contribution < -0.4 is 5.32 Å². The second kappa shape index (κ2) is 7.71. The number of fused-ring (bicyclic) bond motifs is 1. The highest BCUT2D eigenvalue weighted by molar-refractivity contribution is 7.91. The van der Waals surface area contributed by atoms with E-state index in [9.17, 15) is 31.5 Å². The normalized spacial score (nSPS) is 30.1. The number of carbonyl (C=O) groups is 1. The third-order valence-corrected chi connectivity index (χ3v) is 9.78. The van der Waals surface area contributed by atoms with Gasteiger partial charge in [-0.25, -0.2) is 21.6 Å². The van der Waals surface area contributed by atoms with E-state index in [1.165, 1.54) is 12.1 Å². The summed E-state index contributed by atoms with van der Waals surface area (Å²) in [5, 5.41) is 12.4. The number of nitrogens with one attached hydrogen (secondary N) is 1. The van der Waals surface area contributed by atoms with Gasteiger partial charge in [0.2, 0.25) is 0 Å². The van der Waals surface area contributed by atoms with Crippen LogP contribution in [0, 0.1) is 40.6 Å². The highest BCUT2D eigenvalue weighted by atomic mass is 35.5. The second-order valence-electron chi connectivity index (χ2n) is 9.46. The molecule has 2 bridgehead atoms. The van der Waals surface area contributed by atoms with Crippen molar-refractivity contribution in [2.45, 2.75) is 36.7 Å². The molecule has 176 valence electrons. The van der Waals surface area contributed by atoms with Gasteiger partial charge in [-0.2, -0.15) is 0 Å². The topological polar surface area (TPSA) is 83.5 Å². The Morgan fingerprint density at radius 1 is 1.12 bits per heavy atom. The van der Waals surface area contributed by atoms with Crippen molar-refractivity contribution < 1.29 is 31.5 Å². The lowest BCUT2D eigenvalue weighted by molar-refractivity contribution is 0.0451. The van der Waals surface area contributed by atoms with Crippen LogP contribution in [0.1, 0.15) is 36.0 Å². The van der Waals surface area contributed by atoms with Crippen LogP contribution in [0.5, 0.6) is 0 Å². The minimum absolute atomic E-state index is 0.0292. The molecule has 0 saturated heterocycles. The van der Waals surface area contributed by atoms with E-state index < -0.39 is 39.3 Å². The summed E-state index contributed by atoms with van der Waals surface area (Å²) in [5.41, 5.74) is -0.507. The van der Waals surface area contributed by atoms with Crippen molar-refractivity contribution in [1.82, 2.24) is 0 Å². The number of carbonyl (C=O) groups excluding carboxylic acids is 1. The highest BCUT2D eigenvalue weighted by Crippen LogP contribution is 2.74.